The van der Waals surface area contributed by atoms with Crippen LogP contribution in [0, 0.1) is 13.8 Å². The number of hydrogen-bond acceptors (Lipinski definition) is 2. The molecular weight excluding hydrogens is 560 g/mol. The first-order chi connectivity index (χ1) is 22.6. The van der Waals surface area contributed by atoms with Crippen molar-refractivity contribution in [1.29, 1.82) is 0 Å². The molecule has 0 amide bonds. The Morgan fingerprint density at radius 1 is 0.435 bits per heavy atom. The van der Waals surface area contributed by atoms with Crippen molar-refractivity contribution in [2.75, 3.05) is 0 Å². The minimum absolute atomic E-state index is 0.654. The average molecular weight is 591 g/mol. The van der Waals surface area contributed by atoms with Crippen LogP contribution in [-0.2, 0) is 0 Å². The molecule has 3 aromatic heterocycles. The molecule has 0 unspecified atom stereocenters. The maximum Gasteiger partial charge on any atom is 0.235 e. The molecule has 0 aliphatic carbocycles. The smallest absolute Gasteiger partial charge is 0.235 e. The molecule has 0 atom stereocenters. The molecule has 0 aliphatic heterocycles. The summed E-state index contributed by atoms with van der Waals surface area (Å²) in [4.78, 5) is 10.5. The van der Waals surface area contributed by atoms with Crippen molar-refractivity contribution in [2.45, 2.75) is 13.8 Å². The Labute approximate surface area is 266 Å². The highest BCUT2D eigenvalue weighted by atomic mass is 15.2. The molecule has 3 heterocycles. The highest BCUT2D eigenvalue weighted by Gasteiger charge is 2.22. The Hall–Kier alpha value is -6.00. The Balaban J connectivity index is 1.45. The number of aromatic nitrogens is 4. The van der Waals surface area contributed by atoms with E-state index in [1.807, 2.05) is 12.1 Å². The van der Waals surface area contributed by atoms with Crippen LogP contribution in [0.1, 0.15) is 11.1 Å². The fourth-order valence-electron chi connectivity index (χ4n) is 6.95. The summed E-state index contributed by atoms with van der Waals surface area (Å²) in [6, 6.07) is 51.6. The number of hydrogen-bond donors (Lipinski definition) is 0. The molecule has 4 nitrogen and oxygen atoms in total. The van der Waals surface area contributed by atoms with Gasteiger partial charge in [0.25, 0.3) is 0 Å². The molecular formula is C42H30N4. The highest BCUT2D eigenvalue weighted by molar-refractivity contribution is 6.26. The molecule has 9 rings (SSSR count). The van der Waals surface area contributed by atoms with Crippen LogP contribution in [-0.4, -0.2) is 19.1 Å². The van der Waals surface area contributed by atoms with E-state index >= 15 is 0 Å². The topological polar surface area (TPSA) is 35.6 Å². The third kappa shape index (κ3) is 4.07. The standard InChI is InChI=1S/C42H30N4/c1-27-18-21-37-33(24-27)32-20-23-39-40(41(32)45(37)31-16-10-5-11-17-31)34-25-28(2)19-22-38(34)46(39)42-43-35(29-12-6-3-7-13-29)26-36(44-42)30-14-8-4-9-15-30/h3-26H,1-2H3. The van der Waals surface area contributed by atoms with Crippen molar-refractivity contribution in [1.82, 2.24) is 19.1 Å². The zero-order valence-electron chi connectivity index (χ0n) is 25.6. The lowest BCUT2D eigenvalue weighted by Gasteiger charge is -2.12. The van der Waals surface area contributed by atoms with Crippen LogP contribution in [0.2, 0.25) is 0 Å². The molecule has 0 spiro atoms. The van der Waals surface area contributed by atoms with Crippen molar-refractivity contribution >= 4 is 43.6 Å². The number of nitrogens with zero attached hydrogens (tertiary/aromatic N) is 4. The normalized spacial score (nSPS) is 11.7. The van der Waals surface area contributed by atoms with E-state index in [0.29, 0.717) is 5.95 Å². The van der Waals surface area contributed by atoms with Crippen molar-refractivity contribution in [3.8, 4) is 34.2 Å². The first-order valence-electron chi connectivity index (χ1n) is 15.7. The summed E-state index contributed by atoms with van der Waals surface area (Å²) in [6.07, 6.45) is 0. The number of para-hydroxylation sites is 1. The van der Waals surface area contributed by atoms with Crippen LogP contribution in [0.3, 0.4) is 0 Å². The van der Waals surface area contributed by atoms with Gasteiger partial charge in [-0.25, -0.2) is 9.97 Å². The minimum Gasteiger partial charge on any atom is -0.309 e. The second-order valence-electron chi connectivity index (χ2n) is 12.1. The molecule has 6 aromatic carbocycles. The van der Waals surface area contributed by atoms with Gasteiger partial charge in [-0.2, -0.15) is 0 Å². The summed E-state index contributed by atoms with van der Waals surface area (Å²) in [7, 11) is 0. The van der Waals surface area contributed by atoms with Crippen molar-refractivity contribution < 1.29 is 0 Å². The SMILES string of the molecule is Cc1ccc2c(c1)c1c(ccc3c4cc(C)ccc4n(-c4ccccc4)c31)n2-c1nc(-c2ccccc2)cc(-c2ccccc2)n1. The van der Waals surface area contributed by atoms with Crippen molar-refractivity contribution in [2.24, 2.45) is 0 Å². The van der Waals surface area contributed by atoms with Crippen LogP contribution in [0.5, 0.6) is 0 Å². The minimum atomic E-state index is 0.654. The predicted molar refractivity (Wildman–Crippen MR) is 191 cm³/mol. The summed E-state index contributed by atoms with van der Waals surface area (Å²) in [5.74, 6) is 0.654. The molecule has 0 saturated carbocycles. The first-order valence-corrected chi connectivity index (χ1v) is 15.7. The van der Waals surface area contributed by atoms with Crippen LogP contribution < -0.4 is 0 Å². The van der Waals surface area contributed by atoms with Gasteiger partial charge in [0.05, 0.1) is 33.5 Å². The third-order valence-corrected chi connectivity index (χ3v) is 9.03. The molecule has 46 heavy (non-hydrogen) atoms. The van der Waals surface area contributed by atoms with E-state index < -0.39 is 0 Å². The number of fused-ring (bicyclic) bond motifs is 7. The van der Waals surface area contributed by atoms with Gasteiger partial charge in [-0.3, -0.25) is 4.57 Å². The molecule has 218 valence electrons. The zero-order chi connectivity index (χ0) is 30.8. The fraction of sp³-hybridized carbons (Fsp3) is 0.0476. The second kappa shape index (κ2) is 10.3. The lowest BCUT2D eigenvalue weighted by Crippen LogP contribution is -2.04. The fourth-order valence-corrected chi connectivity index (χ4v) is 6.95. The maximum absolute atomic E-state index is 5.25. The van der Waals surface area contributed by atoms with E-state index in [2.05, 4.69) is 156 Å². The van der Waals surface area contributed by atoms with Gasteiger partial charge in [0, 0.05) is 38.4 Å². The summed E-state index contributed by atoms with van der Waals surface area (Å²) in [6.45, 7) is 4.33. The quantitative estimate of drug-likeness (QED) is 0.204. The number of rotatable bonds is 4. The molecule has 0 fully saturated rings. The molecule has 0 saturated heterocycles. The summed E-state index contributed by atoms with van der Waals surface area (Å²) in [5.41, 5.74) is 12.0. The van der Waals surface area contributed by atoms with Crippen molar-refractivity contribution in [3.05, 3.63) is 157 Å². The molecule has 9 aromatic rings. The molecule has 4 heteroatoms. The van der Waals surface area contributed by atoms with Gasteiger partial charge in [0.15, 0.2) is 0 Å². The Morgan fingerprint density at radius 3 is 1.57 bits per heavy atom. The lowest BCUT2D eigenvalue weighted by atomic mass is 10.1. The molecule has 0 aliphatic rings. The molecule has 0 bridgehead atoms. The van der Waals surface area contributed by atoms with Gasteiger partial charge in [0.1, 0.15) is 0 Å². The largest absolute Gasteiger partial charge is 0.309 e. The lowest BCUT2D eigenvalue weighted by molar-refractivity contribution is 0.995. The first kappa shape index (κ1) is 26.4. The number of aryl methyl sites for hydroxylation is 2. The van der Waals surface area contributed by atoms with E-state index in [1.165, 1.54) is 43.7 Å². The maximum atomic E-state index is 5.25. The van der Waals surface area contributed by atoms with E-state index in [-0.39, 0.29) is 0 Å². The van der Waals surface area contributed by atoms with Gasteiger partial charge >= 0.3 is 0 Å². The molecule has 0 radical (unpaired) electrons. The highest BCUT2D eigenvalue weighted by Crippen LogP contribution is 2.42. The predicted octanol–water partition coefficient (Wildman–Crippen LogP) is 10.6. The van der Waals surface area contributed by atoms with E-state index in [4.69, 9.17) is 9.97 Å². The summed E-state index contributed by atoms with van der Waals surface area (Å²) >= 11 is 0. The Kier molecular flexibility index (Phi) is 5.90. The van der Waals surface area contributed by atoms with Crippen LogP contribution in [0.25, 0.3) is 77.8 Å². The second-order valence-corrected chi connectivity index (χ2v) is 12.1. The Morgan fingerprint density at radius 2 is 0.957 bits per heavy atom. The summed E-state index contributed by atoms with van der Waals surface area (Å²) in [5, 5.41) is 4.87. The van der Waals surface area contributed by atoms with Gasteiger partial charge in [-0.1, -0.05) is 108 Å². The third-order valence-electron chi connectivity index (χ3n) is 9.03. The van der Waals surface area contributed by atoms with Crippen LogP contribution >= 0.6 is 0 Å². The monoisotopic (exact) mass is 590 g/mol. The average Bonchev–Trinajstić information content (AvgIpc) is 3.61. The van der Waals surface area contributed by atoms with Crippen LogP contribution in [0.4, 0.5) is 0 Å². The van der Waals surface area contributed by atoms with Gasteiger partial charge in [-0.05, 0) is 62.4 Å². The number of benzene rings is 6. The van der Waals surface area contributed by atoms with E-state index in [1.54, 1.807) is 0 Å². The summed E-state index contributed by atoms with van der Waals surface area (Å²) < 4.78 is 4.68. The molecule has 0 N–H and O–H groups in total. The zero-order valence-corrected chi connectivity index (χ0v) is 25.6. The Bertz CT molecular complexity index is 2520. The van der Waals surface area contributed by atoms with E-state index in [0.717, 1.165) is 39.2 Å². The van der Waals surface area contributed by atoms with Crippen molar-refractivity contribution in [3.63, 3.8) is 0 Å². The van der Waals surface area contributed by atoms with Crippen LogP contribution in [0.15, 0.2) is 146 Å². The van der Waals surface area contributed by atoms with Gasteiger partial charge < -0.3 is 4.57 Å². The van der Waals surface area contributed by atoms with Gasteiger partial charge in [0.2, 0.25) is 5.95 Å². The van der Waals surface area contributed by atoms with E-state index in [9.17, 15) is 0 Å². The van der Waals surface area contributed by atoms with Gasteiger partial charge in [-0.15, -0.1) is 0 Å².